The average Bonchev–Trinajstić information content (AvgIpc) is 2.99. The maximum absolute atomic E-state index is 11.9. The molecule has 0 aromatic heterocycles. The Morgan fingerprint density at radius 1 is 1.22 bits per heavy atom. The number of nitrogens with one attached hydrogen (secondary N) is 3. The molecule has 3 N–H and O–H groups in total. The standard InChI is InChI=1S/C17H26N4O2/c1-3-21-10-4-5-16(21)12-19-17(23)18-11-14-6-8-15(9-7-14)20-13(2)22/h6-9,16H,3-5,10-12H2,1-2H3,(H,20,22)(H2,18,19,23)/t16-/m0/s1. The summed E-state index contributed by atoms with van der Waals surface area (Å²) in [5.74, 6) is -0.0942. The Balaban J connectivity index is 1.70. The summed E-state index contributed by atoms with van der Waals surface area (Å²) >= 11 is 0. The second-order valence-electron chi connectivity index (χ2n) is 5.87. The number of likely N-dealkylation sites (N-methyl/N-ethyl adjacent to an activating group) is 1. The molecular weight excluding hydrogens is 292 g/mol. The highest BCUT2D eigenvalue weighted by atomic mass is 16.2. The van der Waals surface area contributed by atoms with Crippen molar-refractivity contribution in [2.24, 2.45) is 0 Å². The van der Waals surface area contributed by atoms with Crippen LogP contribution in [0.15, 0.2) is 24.3 Å². The lowest BCUT2D eigenvalue weighted by atomic mass is 10.2. The zero-order valence-electron chi connectivity index (χ0n) is 13.9. The third-order valence-electron chi connectivity index (χ3n) is 4.13. The predicted octanol–water partition coefficient (Wildman–Crippen LogP) is 1.93. The van der Waals surface area contributed by atoms with Gasteiger partial charge in [0, 0.05) is 31.7 Å². The molecule has 23 heavy (non-hydrogen) atoms. The number of anilines is 1. The third kappa shape index (κ3) is 5.56. The van der Waals surface area contributed by atoms with Crippen LogP contribution in [-0.2, 0) is 11.3 Å². The lowest BCUT2D eigenvalue weighted by Crippen LogP contribution is -2.43. The van der Waals surface area contributed by atoms with Crippen LogP contribution in [0.25, 0.3) is 0 Å². The van der Waals surface area contributed by atoms with Crippen molar-refractivity contribution < 1.29 is 9.59 Å². The first-order chi connectivity index (χ1) is 11.1. The van der Waals surface area contributed by atoms with Crippen LogP contribution >= 0.6 is 0 Å². The average molecular weight is 318 g/mol. The van der Waals surface area contributed by atoms with Crippen molar-refractivity contribution in [1.29, 1.82) is 0 Å². The van der Waals surface area contributed by atoms with Crippen LogP contribution in [0.4, 0.5) is 10.5 Å². The highest BCUT2D eigenvalue weighted by Gasteiger charge is 2.22. The van der Waals surface area contributed by atoms with Crippen molar-refractivity contribution in [3.05, 3.63) is 29.8 Å². The Morgan fingerprint density at radius 2 is 1.96 bits per heavy atom. The van der Waals surface area contributed by atoms with Crippen molar-refractivity contribution in [3.63, 3.8) is 0 Å². The predicted molar refractivity (Wildman–Crippen MR) is 91.3 cm³/mol. The van der Waals surface area contributed by atoms with Crippen LogP contribution in [0, 0.1) is 0 Å². The second-order valence-corrected chi connectivity index (χ2v) is 5.87. The summed E-state index contributed by atoms with van der Waals surface area (Å²) in [5, 5.41) is 8.52. The summed E-state index contributed by atoms with van der Waals surface area (Å²) in [6.07, 6.45) is 2.36. The van der Waals surface area contributed by atoms with E-state index in [0.29, 0.717) is 19.1 Å². The SMILES string of the molecule is CCN1CCC[C@H]1CNC(=O)NCc1ccc(NC(C)=O)cc1. The zero-order chi connectivity index (χ0) is 16.7. The third-order valence-corrected chi connectivity index (χ3v) is 4.13. The maximum Gasteiger partial charge on any atom is 0.315 e. The van der Waals surface area contributed by atoms with Gasteiger partial charge in [0.2, 0.25) is 5.91 Å². The zero-order valence-corrected chi connectivity index (χ0v) is 13.9. The Labute approximate surface area is 137 Å². The Kier molecular flexibility index (Phi) is 6.40. The monoisotopic (exact) mass is 318 g/mol. The van der Waals surface area contributed by atoms with E-state index in [-0.39, 0.29) is 11.9 Å². The highest BCUT2D eigenvalue weighted by molar-refractivity contribution is 5.88. The van der Waals surface area contributed by atoms with Crippen LogP contribution in [-0.4, -0.2) is 42.5 Å². The number of urea groups is 1. The largest absolute Gasteiger partial charge is 0.337 e. The number of rotatable bonds is 6. The fourth-order valence-electron chi connectivity index (χ4n) is 2.91. The van der Waals surface area contributed by atoms with E-state index in [9.17, 15) is 9.59 Å². The Bertz CT molecular complexity index is 530. The van der Waals surface area contributed by atoms with Gasteiger partial charge in [0.1, 0.15) is 0 Å². The molecule has 1 fully saturated rings. The lowest BCUT2D eigenvalue weighted by Gasteiger charge is -2.22. The molecular formula is C17H26N4O2. The van der Waals surface area contributed by atoms with Crippen molar-refractivity contribution in [1.82, 2.24) is 15.5 Å². The first-order valence-corrected chi connectivity index (χ1v) is 8.20. The molecule has 1 aromatic rings. The Morgan fingerprint density at radius 3 is 2.61 bits per heavy atom. The summed E-state index contributed by atoms with van der Waals surface area (Å²) in [6, 6.07) is 7.76. The fraction of sp³-hybridized carbons (Fsp3) is 0.529. The molecule has 0 aliphatic carbocycles. The molecule has 1 heterocycles. The molecule has 1 aromatic carbocycles. The van der Waals surface area contributed by atoms with Gasteiger partial charge in [-0.3, -0.25) is 9.69 Å². The van der Waals surface area contributed by atoms with Gasteiger partial charge in [-0.1, -0.05) is 19.1 Å². The fourth-order valence-corrected chi connectivity index (χ4v) is 2.91. The molecule has 0 saturated carbocycles. The van der Waals surface area contributed by atoms with Crippen LogP contribution < -0.4 is 16.0 Å². The first kappa shape index (κ1) is 17.3. The van der Waals surface area contributed by atoms with E-state index in [0.717, 1.165) is 30.8 Å². The molecule has 3 amide bonds. The minimum absolute atomic E-state index is 0.0942. The van der Waals surface area contributed by atoms with Gasteiger partial charge in [-0.05, 0) is 43.6 Å². The summed E-state index contributed by atoms with van der Waals surface area (Å²) in [7, 11) is 0. The Hall–Kier alpha value is -2.08. The molecule has 6 nitrogen and oxygen atoms in total. The lowest BCUT2D eigenvalue weighted by molar-refractivity contribution is -0.114. The minimum Gasteiger partial charge on any atom is -0.337 e. The van der Waals surface area contributed by atoms with Gasteiger partial charge >= 0.3 is 6.03 Å². The molecule has 1 aliphatic rings. The minimum atomic E-state index is -0.140. The normalized spacial score (nSPS) is 17.7. The van der Waals surface area contributed by atoms with Crippen molar-refractivity contribution in [2.75, 3.05) is 25.0 Å². The van der Waals surface area contributed by atoms with E-state index < -0.39 is 0 Å². The molecule has 0 spiro atoms. The van der Waals surface area contributed by atoms with Gasteiger partial charge in [-0.15, -0.1) is 0 Å². The first-order valence-electron chi connectivity index (χ1n) is 8.20. The van der Waals surface area contributed by atoms with Crippen LogP contribution in [0.1, 0.15) is 32.3 Å². The molecule has 1 atom stereocenters. The van der Waals surface area contributed by atoms with Crippen LogP contribution in [0.5, 0.6) is 0 Å². The van der Waals surface area contributed by atoms with Crippen molar-refractivity contribution in [3.8, 4) is 0 Å². The van der Waals surface area contributed by atoms with Crippen LogP contribution in [0.3, 0.4) is 0 Å². The highest BCUT2D eigenvalue weighted by Crippen LogP contribution is 2.15. The van der Waals surface area contributed by atoms with E-state index in [2.05, 4.69) is 27.8 Å². The van der Waals surface area contributed by atoms with Gasteiger partial charge in [-0.2, -0.15) is 0 Å². The van der Waals surface area contributed by atoms with Gasteiger partial charge in [0.15, 0.2) is 0 Å². The molecule has 1 saturated heterocycles. The van der Waals surface area contributed by atoms with E-state index >= 15 is 0 Å². The van der Waals surface area contributed by atoms with E-state index in [1.165, 1.54) is 13.3 Å². The quantitative estimate of drug-likeness (QED) is 0.750. The number of hydrogen-bond acceptors (Lipinski definition) is 3. The molecule has 0 unspecified atom stereocenters. The molecule has 2 rings (SSSR count). The van der Waals surface area contributed by atoms with E-state index in [1.807, 2.05) is 24.3 Å². The molecule has 126 valence electrons. The van der Waals surface area contributed by atoms with E-state index in [1.54, 1.807) is 0 Å². The number of carbonyl (C=O) groups excluding carboxylic acids is 2. The second kappa shape index (κ2) is 8.53. The summed E-state index contributed by atoms with van der Waals surface area (Å²) in [6.45, 7) is 6.96. The number of carbonyl (C=O) groups is 2. The number of likely N-dealkylation sites (tertiary alicyclic amines) is 1. The molecule has 6 heteroatoms. The van der Waals surface area contributed by atoms with Gasteiger partial charge in [0.25, 0.3) is 0 Å². The van der Waals surface area contributed by atoms with Crippen molar-refractivity contribution in [2.45, 2.75) is 39.3 Å². The van der Waals surface area contributed by atoms with Gasteiger partial charge < -0.3 is 16.0 Å². The number of hydrogen-bond donors (Lipinski definition) is 3. The van der Waals surface area contributed by atoms with Gasteiger partial charge in [0.05, 0.1) is 0 Å². The van der Waals surface area contributed by atoms with Crippen molar-refractivity contribution >= 4 is 17.6 Å². The summed E-state index contributed by atoms with van der Waals surface area (Å²) < 4.78 is 0. The molecule has 0 radical (unpaired) electrons. The molecule has 0 bridgehead atoms. The van der Waals surface area contributed by atoms with E-state index in [4.69, 9.17) is 0 Å². The number of amides is 3. The van der Waals surface area contributed by atoms with Gasteiger partial charge in [-0.25, -0.2) is 4.79 Å². The molecule has 1 aliphatic heterocycles. The summed E-state index contributed by atoms with van der Waals surface area (Å²) in [5.41, 5.74) is 1.75. The van der Waals surface area contributed by atoms with Crippen LogP contribution in [0.2, 0.25) is 0 Å². The number of benzene rings is 1. The smallest absolute Gasteiger partial charge is 0.315 e. The maximum atomic E-state index is 11.9. The number of nitrogens with zero attached hydrogens (tertiary/aromatic N) is 1. The topological polar surface area (TPSA) is 73.5 Å². The summed E-state index contributed by atoms with van der Waals surface area (Å²) in [4.78, 5) is 25.2.